The standard InChI is InChI=1S/C15H10Cl2N2O/c1-9-4-11(6-13(17)5-9)15(20)19-14-7-12(16)3-2-10(14)8-18/h2-7H,1H3,(H,19,20). The zero-order chi connectivity index (χ0) is 14.7. The Kier molecular flexibility index (Phi) is 4.29. The molecule has 5 heteroatoms. The Hall–Kier alpha value is -2.02. The van der Waals surface area contributed by atoms with E-state index >= 15 is 0 Å². The van der Waals surface area contributed by atoms with Crippen molar-refractivity contribution in [3.63, 3.8) is 0 Å². The van der Waals surface area contributed by atoms with Crippen molar-refractivity contribution in [1.29, 1.82) is 5.26 Å². The molecule has 2 rings (SSSR count). The van der Waals surface area contributed by atoms with Gasteiger partial charge < -0.3 is 5.32 Å². The van der Waals surface area contributed by atoms with E-state index in [9.17, 15) is 4.79 Å². The minimum absolute atomic E-state index is 0.339. The molecule has 0 saturated heterocycles. The number of rotatable bonds is 2. The maximum Gasteiger partial charge on any atom is 0.255 e. The fourth-order valence-electron chi connectivity index (χ4n) is 1.78. The summed E-state index contributed by atoms with van der Waals surface area (Å²) in [6, 6.07) is 11.7. The SMILES string of the molecule is Cc1cc(Cl)cc(C(=O)Nc2cc(Cl)ccc2C#N)c1. The van der Waals surface area contributed by atoms with Gasteiger partial charge in [-0.2, -0.15) is 5.26 Å². The summed E-state index contributed by atoms with van der Waals surface area (Å²) in [6.45, 7) is 1.85. The first-order valence-corrected chi connectivity index (χ1v) is 6.53. The molecule has 20 heavy (non-hydrogen) atoms. The average Bonchev–Trinajstić information content (AvgIpc) is 2.37. The molecule has 0 spiro atoms. The molecule has 2 aromatic rings. The monoisotopic (exact) mass is 304 g/mol. The summed E-state index contributed by atoms with van der Waals surface area (Å²) in [5.41, 5.74) is 2.04. The van der Waals surface area contributed by atoms with Gasteiger partial charge in [0.15, 0.2) is 0 Å². The second-order valence-corrected chi connectivity index (χ2v) is 5.15. The van der Waals surface area contributed by atoms with Gasteiger partial charge in [0.05, 0.1) is 11.3 Å². The van der Waals surface area contributed by atoms with Crippen LogP contribution in [0, 0.1) is 18.3 Å². The van der Waals surface area contributed by atoms with Gasteiger partial charge in [-0.05, 0) is 48.9 Å². The average molecular weight is 305 g/mol. The first kappa shape index (κ1) is 14.4. The minimum Gasteiger partial charge on any atom is -0.321 e. The third-order valence-corrected chi connectivity index (χ3v) is 3.11. The van der Waals surface area contributed by atoms with Gasteiger partial charge in [0.2, 0.25) is 0 Å². The topological polar surface area (TPSA) is 52.9 Å². The third-order valence-electron chi connectivity index (χ3n) is 2.65. The summed E-state index contributed by atoms with van der Waals surface area (Å²) >= 11 is 11.8. The molecule has 0 saturated carbocycles. The summed E-state index contributed by atoms with van der Waals surface area (Å²) < 4.78 is 0. The van der Waals surface area contributed by atoms with E-state index in [4.69, 9.17) is 28.5 Å². The normalized spacial score (nSPS) is 9.90. The van der Waals surface area contributed by atoms with E-state index in [1.165, 1.54) is 6.07 Å². The molecule has 0 radical (unpaired) electrons. The van der Waals surface area contributed by atoms with Crippen LogP contribution >= 0.6 is 23.2 Å². The van der Waals surface area contributed by atoms with Crippen LogP contribution in [0.4, 0.5) is 5.69 Å². The molecular formula is C15H10Cl2N2O. The minimum atomic E-state index is -0.339. The number of nitrogens with zero attached hydrogens (tertiary/aromatic N) is 1. The lowest BCUT2D eigenvalue weighted by molar-refractivity contribution is 0.102. The molecule has 2 aromatic carbocycles. The van der Waals surface area contributed by atoms with Crippen molar-refractivity contribution in [3.05, 3.63) is 63.1 Å². The summed E-state index contributed by atoms with van der Waals surface area (Å²) in [5.74, 6) is -0.339. The van der Waals surface area contributed by atoms with Crippen LogP contribution in [0.2, 0.25) is 10.0 Å². The van der Waals surface area contributed by atoms with Crippen LogP contribution in [-0.2, 0) is 0 Å². The maximum absolute atomic E-state index is 12.2. The van der Waals surface area contributed by atoms with Crippen LogP contribution in [-0.4, -0.2) is 5.91 Å². The fraction of sp³-hybridized carbons (Fsp3) is 0.0667. The Bertz CT molecular complexity index is 700. The fourth-order valence-corrected chi connectivity index (χ4v) is 2.24. The van der Waals surface area contributed by atoms with E-state index in [1.807, 2.05) is 13.0 Å². The number of hydrogen-bond acceptors (Lipinski definition) is 2. The van der Waals surface area contributed by atoms with E-state index in [1.54, 1.807) is 30.3 Å². The van der Waals surface area contributed by atoms with Gasteiger partial charge in [0.25, 0.3) is 5.91 Å². The molecule has 0 aliphatic carbocycles. The molecule has 1 amide bonds. The smallest absolute Gasteiger partial charge is 0.255 e. The zero-order valence-corrected chi connectivity index (χ0v) is 12.1. The first-order chi connectivity index (χ1) is 9.49. The van der Waals surface area contributed by atoms with Crippen LogP contribution in [0.25, 0.3) is 0 Å². The second kappa shape index (κ2) is 5.96. The number of carbonyl (C=O) groups excluding carboxylic acids is 1. The van der Waals surface area contributed by atoms with Crippen molar-refractivity contribution in [1.82, 2.24) is 0 Å². The van der Waals surface area contributed by atoms with Crippen molar-refractivity contribution >= 4 is 34.8 Å². The molecule has 0 unspecified atom stereocenters. The lowest BCUT2D eigenvalue weighted by atomic mass is 10.1. The number of nitriles is 1. The predicted octanol–water partition coefficient (Wildman–Crippen LogP) is 4.43. The van der Waals surface area contributed by atoms with Gasteiger partial charge in [-0.25, -0.2) is 0 Å². The molecule has 0 heterocycles. The van der Waals surface area contributed by atoms with E-state index < -0.39 is 0 Å². The Morgan fingerprint density at radius 2 is 1.90 bits per heavy atom. The van der Waals surface area contributed by atoms with E-state index in [-0.39, 0.29) is 5.91 Å². The Morgan fingerprint density at radius 3 is 2.55 bits per heavy atom. The van der Waals surface area contributed by atoms with Gasteiger partial charge in [-0.3, -0.25) is 4.79 Å². The Labute approximate surface area is 126 Å². The molecule has 100 valence electrons. The maximum atomic E-state index is 12.2. The van der Waals surface area contributed by atoms with Crippen molar-refractivity contribution in [2.24, 2.45) is 0 Å². The van der Waals surface area contributed by atoms with Crippen molar-refractivity contribution < 1.29 is 4.79 Å². The number of amides is 1. The van der Waals surface area contributed by atoms with Crippen molar-refractivity contribution in [2.45, 2.75) is 6.92 Å². The van der Waals surface area contributed by atoms with Crippen molar-refractivity contribution in [2.75, 3.05) is 5.32 Å². The highest BCUT2D eigenvalue weighted by atomic mass is 35.5. The van der Waals surface area contributed by atoms with E-state index in [0.717, 1.165) is 5.56 Å². The second-order valence-electron chi connectivity index (χ2n) is 4.27. The van der Waals surface area contributed by atoms with Gasteiger partial charge in [-0.15, -0.1) is 0 Å². The van der Waals surface area contributed by atoms with Gasteiger partial charge in [-0.1, -0.05) is 23.2 Å². The number of hydrogen-bond donors (Lipinski definition) is 1. The number of halogens is 2. The molecule has 0 fully saturated rings. The molecule has 0 aromatic heterocycles. The summed E-state index contributed by atoms with van der Waals surface area (Å²) in [7, 11) is 0. The molecule has 0 atom stereocenters. The lowest BCUT2D eigenvalue weighted by Gasteiger charge is -2.08. The number of aryl methyl sites for hydroxylation is 1. The van der Waals surface area contributed by atoms with Gasteiger partial charge >= 0.3 is 0 Å². The summed E-state index contributed by atoms with van der Waals surface area (Å²) in [4.78, 5) is 12.2. The number of benzene rings is 2. The van der Waals surface area contributed by atoms with Gasteiger partial charge in [0.1, 0.15) is 6.07 Å². The van der Waals surface area contributed by atoms with Crippen LogP contribution in [0.1, 0.15) is 21.5 Å². The molecule has 0 bridgehead atoms. The molecule has 0 aliphatic rings. The Balaban J connectivity index is 2.32. The largest absolute Gasteiger partial charge is 0.321 e. The predicted molar refractivity (Wildman–Crippen MR) is 80.3 cm³/mol. The number of nitrogens with one attached hydrogen (secondary N) is 1. The highest BCUT2D eigenvalue weighted by molar-refractivity contribution is 6.31. The molecule has 1 N–H and O–H groups in total. The highest BCUT2D eigenvalue weighted by Gasteiger charge is 2.11. The quantitative estimate of drug-likeness (QED) is 0.892. The third kappa shape index (κ3) is 3.30. The van der Waals surface area contributed by atoms with Crippen LogP contribution in [0.15, 0.2) is 36.4 Å². The van der Waals surface area contributed by atoms with Crippen LogP contribution < -0.4 is 5.32 Å². The van der Waals surface area contributed by atoms with Crippen molar-refractivity contribution in [3.8, 4) is 6.07 Å². The van der Waals surface area contributed by atoms with E-state index in [0.29, 0.717) is 26.9 Å². The molecule has 3 nitrogen and oxygen atoms in total. The van der Waals surface area contributed by atoms with Crippen LogP contribution in [0.3, 0.4) is 0 Å². The highest BCUT2D eigenvalue weighted by Crippen LogP contribution is 2.22. The van der Waals surface area contributed by atoms with E-state index in [2.05, 4.69) is 5.32 Å². The first-order valence-electron chi connectivity index (χ1n) is 5.78. The number of anilines is 1. The zero-order valence-electron chi connectivity index (χ0n) is 10.6. The van der Waals surface area contributed by atoms with Crippen LogP contribution in [0.5, 0.6) is 0 Å². The number of carbonyl (C=O) groups is 1. The summed E-state index contributed by atoms with van der Waals surface area (Å²) in [6.07, 6.45) is 0. The summed E-state index contributed by atoms with van der Waals surface area (Å²) in [5, 5.41) is 12.6. The van der Waals surface area contributed by atoms with Gasteiger partial charge in [0, 0.05) is 15.6 Å². The Morgan fingerprint density at radius 1 is 1.15 bits per heavy atom. The molecular weight excluding hydrogens is 295 g/mol. The molecule has 0 aliphatic heterocycles. The lowest BCUT2D eigenvalue weighted by Crippen LogP contribution is -2.13.